The Morgan fingerprint density at radius 2 is 1.72 bits per heavy atom. The summed E-state index contributed by atoms with van der Waals surface area (Å²) in [5.74, 6) is 1.39. The van der Waals surface area contributed by atoms with Crippen molar-refractivity contribution in [1.29, 1.82) is 0 Å². The molecule has 0 radical (unpaired) electrons. The van der Waals surface area contributed by atoms with E-state index in [9.17, 15) is 4.39 Å². The maximum Gasteiger partial charge on any atom is 0.170 e. The van der Waals surface area contributed by atoms with E-state index in [2.05, 4.69) is 54.5 Å². The van der Waals surface area contributed by atoms with Crippen molar-refractivity contribution in [3.63, 3.8) is 0 Å². The molecule has 36 heavy (non-hydrogen) atoms. The lowest BCUT2D eigenvalue weighted by Crippen LogP contribution is -2.59. The van der Waals surface area contributed by atoms with Gasteiger partial charge in [-0.2, -0.15) is 0 Å². The molecular weight excluding hydrogens is 471 g/mol. The topological polar surface area (TPSA) is 37.0 Å². The molecule has 4 saturated heterocycles. The lowest BCUT2D eigenvalue weighted by atomic mass is 9.75. The normalized spacial score (nSPS) is 26.0. The van der Waals surface area contributed by atoms with Crippen molar-refractivity contribution in [3.8, 4) is 0 Å². The van der Waals surface area contributed by atoms with E-state index in [1.54, 1.807) is 12.1 Å². The number of nitrogens with zero attached hydrogens (tertiary/aromatic N) is 4. The molecule has 4 fully saturated rings. The van der Waals surface area contributed by atoms with Crippen molar-refractivity contribution in [2.24, 2.45) is 11.8 Å². The number of thiocarbonyl (C=S) groups is 1. The Morgan fingerprint density at radius 1 is 1.00 bits per heavy atom. The van der Waals surface area contributed by atoms with Gasteiger partial charge in [0.15, 0.2) is 5.11 Å². The molecule has 6 nitrogen and oxygen atoms in total. The Balaban J connectivity index is 1.05. The van der Waals surface area contributed by atoms with Crippen LogP contribution < -0.4 is 20.4 Å². The summed E-state index contributed by atoms with van der Waals surface area (Å²) in [6.07, 6.45) is 2.57. The van der Waals surface area contributed by atoms with Gasteiger partial charge in [0.05, 0.1) is 0 Å². The third kappa shape index (κ3) is 6.10. The number of nitrogens with one attached hydrogen (secondary N) is 2. The van der Waals surface area contributed by atoms with Gasteiger partial charge in [0.2, 0.25) is 0 Å². The Kier molecular flexibility index (Phi) is 7.93. The van der Waals surface area contributed by atoms with Gasteiger partial charge in [0.1, 0.15) is 5.82 Å². The number of hydrogen-bond donors (Lipinski definition) is 2. The second-order valence-electron chi connectivity index (χ2n) is 10.7. The number of fused-ring (bicyclic) bond motifs is 3. The minimum atomic E-state index is -0.166. The molecule has 0 aliphatic carbocycles. The van der Waals surface area contributed by atoms with Crippen LogP contribution in [-0.4, -0.2) is 87.4 Å². The van der Waals surface area contributed by atoms with Crippen LogP contribution in [-0.2, 0) is 0 Å². The molecule has 4 unspecified atom stereocenters. The van der Waals surface area contributed by atoms with Gasteiger partial charge in [-0.1, -0.05) is 0 Å². The minimum Gasteiger partial charge on any atom is -0.378 e. The van der Waals surface area contributed by atoms with Gasteiger partial charge in [0.25, 0.3) is 0 Å². The fourth-order valence-corrected chi connectivity index (χ4v) is 6.27. The van der Waals surface area contributed by atoms with Gasteiger partial charge in [-0.15, -0.1) is 0 Å². The average Bonchev–Trinajstić information content (AvgIpc) is 2.89. The van der Waals surface area contributed by atoms with Crippen LogP contribution in [0.5, 0.6) is 0 Å². The van der Waals surface area contributed by atoms with E-state index in [4.69, 9.17) is 12.2 Å². The fourth-order valence-electron chi connectivity index (χ4n) is 6.07. The van der Waals surface area contributed by atoms with E-state index < -0.39 is 0 Å². The highest BCUT2D eigenvalue weighted by atomic mass is 32.1. The standard InChI is InChI=1S/C28H39FN6S/c1-32(2)25-9-5-24(6-10-25)31-28(36)30-18-27-17-21-11-12-35(27)20-22(21)19-33-13-15-34(16-14-33)26-7-3-23(29)4-8-26/h3-10,21-22,27H,11-20H2,1-2H3,(H2,30,31,36). The number of hydrogen-bond acceptors (Lipinski definition) is 5. The highest BCUT2D eigenvalue weighted by molar-refractivity contribution is 7.80. The molecule has 4 atom stereocenters. The first-order chi connectivity index (χ1) is 17.4. The summed E-state index contributed by atoms with van der Waals surface area (Å²) < 4.78 is 13.2. The average molecular weight is 511 g/mol. The van der Waals surface area contributed by atoms with Crippen molar-refractivity contribution in [2.45, 2.75) is 18.9 Å². The largest absolute Gasteiger partial charge is 0.378 e. The lowest BCUT2D eigenvalue weighted by Gasteiger charge is -2.51. The van der Waals surface area contributed by atoms with E-state index in [1.165, 1.54) is 38.2 Å². The zero-order valence-electron chi connectivity index (χ0n) is 21.5. The first-order valence-electron chi connectivity index (χ1n) is 13.2. The van der Waals surface area contributed by atoms with Crippen LogP contribution in [0.2, 0.25) is 0 Å². The van der Waals surface area contributed by atoms with Crippen molar-refractivity contribution >= 4 is 34.4 Å². The van der Waals surface area contributed by atoms with Crippen molar-refractivity contribution in [1.82, 2.24) is 15.1 Å². The summed E-state index contributed by atoms with van der Waals surface area (Å²) >= 11 is 5.58. The highest BCUT2D eigenvalue weighted by Gasteiger charge is 2.40. The summed E-state index contributed by atoms with van der Waals surface area (Å²) in [4.78, 5) is 9.79. The Bertz CT molecular complexity index is 1010. The predicted octanol–water partition coefficient (Wildman–Crippen LogP) is 3.71. The second-order valence-corrected chi connectivity index (χ2v) is 11.1. The molecule has 4 heterocycles. The van der Waals surface area contributed by atoms with Crippen LogP contribution in [0, 0.1) is 17.7 Å². The molecule has 8 heteroatoms. The predicted molar refractivity (Wildman–Crippen MR) is 152 cm³/mol. The van der Waals surface area contributed by atoms with Gasteiger partial charge in [-0.3, -0.25) is 9.80 Å². The van der Waals surface area contributed by atoms with Crippen LogP contribution in [0.15, 0.2) is 48.5 Å². The fraction of sp³-hybridized carbons (Fsp3) is 0.536. The second kappa shape index (κ2) is 11.3. The molecule has 0 spiro atoms. The van der Waals surface area contributed by atoms with Crippen molar-refractivity contribution in [2.75, 3.05) is 81.6 Å². The highest BCUT2D eigenvalue weighted by Crippen LogP contribution is 2.36. The molecule has 0 amide bonds. The van der Waals surface area contributed by atoms with E-state index in [1.807, 2.05) is 26.2 Å². The third-order valence-electron chi connectivity index (χ3n) is 8.21. The van der Waals surface area contributed by atoms with Crippen LogP contribution in [0.1, 0.15) is 12.8 Å². The Morgan fingerprint density at radius 3 is 2.36 bits per heavy atom. The van der Waals surface area contributed by atoms with Crippen LogP contribution in [0.3, 0.4) is 0 Å². The van der Waals surface area contributed by atoms with E-state index >= 15 is 0 Å². The van der Waals surface area contributed by atoms with Crippen LogP contribution >= 0.6 is 12.2 Å². The molecule has 6 rings (SSSR count). The summed E-state index contributed by atoms with van der Waals surface area (Å²) in [6.45, 7) is 8.70. The molecule has 0 aromatic heterocycles. The summed E-state index contributed by atoms with van der Waals surface area (Å²) in [5, 5.41) is 7.50. The quantitative estimate of drug-likeness (QED) is 0.550. The van der Waals surface area contributed by atoms with E-state index in [0.717, 1.165) is 55.9 Å². The zero-order chi connectivity index (χ0) is 25.1. The maximum atomic E-state index is 13.2. The summed E-state index contributed by atoms with van der Waals surface area (Å²) in [6, 6.07) is 15.8. The zero-order valence-corrected chi connectivity index (χ0v) is 22.3. The van der Waals surface area contributed by atoms with Crippen molar-refractivity contribution in [3.05, 3.63) is 54.3 Å². The maximum absolute atomic E-state index is 13.2. The summed E-state index contributed by atoms with van der Waals surface area (Å²) in [5.41, 5.74) is 3.32. The number of piperazine rings is 1. The molecule has 2 bridgehead atoms. The Hall–Kier alpha value is -2.42. The van der Waals surface area contributed by atoms with Gasteiger partial charge in [-0.05, 0) is 92.0 Å². The molecule has 4 aliphatic heterocycles. The molecule has 194 valence electrons. The van der Waals surface area contributed by atoms with E-state index in [0.29, 0.717) is 11.2 Å². The van der Waals surface area contributed by atoms with Crippen molar-refractivity contribution < 1.29 is 4.39 Å². The molecule has 0 saturated carbocycles. The van der Waals surface area contributed by atoms with Gasteiger partial charge < -0.3 is 20.4 Å². The molecule has 4 aliphatic rings. The monoisotopic (exact) mass is 510 g/mol. The van der Waals surface area contributed by atoms with Gasteiger partial charge in [-0.25, -0.2) is 4.39 Å². The van der Waals surface area contributed by atoms with E-state index in [-0.39, 0.29) is 5.82 Å². The number of benzene rings is 2. The van der Waals surface area contributed by atoms with Crippen LogP contribution in [0.4, 0.5) is 21.5 Å². The lowest BCUT2D eigenvalue weighted by molar-refractivity contribution is -0.0110. The summed E-state index contributed by atoms with van der Waals surface area (Å²) in [7, 11) is 4.09. The molecule has 2 aromatic rings. The Labute approximate surface area is 220 Å². The number of rotatable bonds is 7. The first-order valence-corrected chi connectivity index (χ1v) is 13.6. The number of anilines is 3. The number of piperidine rings is 3. The minimum absolute atomic E-state index is 0.166. The number of halogens is 1. The third-order valence-corrected chi connectivity index (χ3v) is 8.46. The van der Waals surface area contributed by atoms with Crippen LogP contribution in [0.25, 0.3) is 0 Å². The first kappa shape index (κ1) is 25.2. The molecule has 2 N–H and O–H groups in total. The van der Waals surface area contributed by atoms with Gasteiger partial charge >= 0.3 is 0 Å². The molecular formula is C28H39FN6S. The SMILES string of the molecule is CN(C)c1ccc(NC(=S)NCC2CC3CCN2CC3CN2CCN(c3ccc(F)cc3)CC2)cc1. The van der Waals surface area contributed by atoms with Gasteiger partial charge in [0, 0.05) is 83.0 Å². The smallest absolute Gasteiger partial charge is 0.170 e. The molecule has 2 aromatic carbocycles.